The van der Waals surface area contributed by atoms with Gasteiger partial charge in [-0.3, -0.25) is 9.59 Å². The number of aliphatic hydroxyl groups is 1. The summed E-state index contributed by atoms with van der Waals surface area (Å²) < 4.78 is 39.5. The molecule has 0 saturated heterocycles. The summed E-state index contributed by atoms with van der Waals surface area (Å²) in [6.45, 7) is 7.34. The Balaban J connectivity index is 1.61. The molecule has 0 radical (unpaired) electrons. The second kappa shape index (κ2) is 16.1. The van der Waals surface area contributed by atoms with Gasteiger partial charge in [0.1, 0.15) is 17.2 Å². The maximum absolute atomic E-state index is 13.9. The Morgan fingerprint density at radius 3 is 2.15 bits per heavy atom. The lowest BCUT2D eigenvalue weighted by Crippen LogP contribution is -2.51. The molecule has 0 spiro atoms. The summed E-state index contributed by atoms with van der Waals surface area (Å²) >= 11 is 0. The van der Waals surface area contributed by atoms with Crippen molar-refractivity contribution in [1.82, 2.24) is 19.5 Å². The fourth-order valence-electron chi connectivity index (χ4n) is 5.40. The zero-order valence-corrected chi connectivity index (χ0v) is 29.0. The molecular formula is C36H44N4O7S. The minimum absolute atomic E-state index is 0.0489. The van der Waals surface area contributed by atoms with Crippen LogP contribution in [0.1, 0.15) is 57.5 Å². The van der Waals surface area contributed by atoms with Crippen molar-refractivity contribution in [1.29, 1.82) is 0 Å². The number of aryl methyl sites for hydroxylation is 2. The zero-order chi connectivity index (χ0) is 35.0. The number of methoxy groups -OCH3 is 1. The zero-order valence-electron chi connectivity index (χ0n) is 28.2. The van der Waals surface area contributed by atoms with Crippen LogP contribution in [0.15, 0.2) is 88.2 Å². The molecule has 1 unspecified atom stereocenters. The molecular weight excluding hydrogens is 632 g/mol. The number of aromatic nitrogens is 1. The van der Waals surface area contributed by atoms with Crippen molar-refractivity contribution >= 4 is 21.8 Å². The molecule has 4 aromatic rings. The standard InChI is InChI=1S/C36H44N4O7S/c1-24(2)21-40(48(44,45)29-18-16-28(46-6)17-19-29)23-34(41)32(20-27-12-8-7-9-13-27)38-35(42)30-14-10-11-15-31(30)36(43)39(5)22-33-25(3)47-26(4)37-33/h7-19,24,32,34,41H,20-23H2,1-6H3,(H,38,42)/t32?,34-/m1/s1. The molecule has 2 amide bonds. The minimum atomic E-state index is -4.02. The number of nitrogens with zero attached hydrogens (tertiary/aromatic N) is 3. The Kier molecular flexibility index (Phi) is 12.1. The summed E-state index contributed by atoms with van der Waals surface area (Å²) in [5.74, 6) is 0.603. The van der Waals surface area contributed by atoms with Crippen molar-refractivity contribution in [3.63, 3.8) is 0 Å². The van der Waals surface area contributed by atoms with Crippen molar-refractivity contribution < 1.29 is 32.3 Å². The van der Waals surface area contributed by atoms with Crippen molar-refractivity contribution in [2.75, 3.05) is 27.2 Å². The molecule has 0 aliphatic rings. The van der Waals surface area contributed by atoms with Crippen molar-refractivity contribution in [2.24, 2.45) is 5.92 Å². The molecule has 0 bridgehead atoms. The SMILES string of the molecule is COc1ccc(S(=O)(=O)N(CC(C)C)C[C@@H](O)C(Cc2ccccc2)NC(=O)c2ccccc2C(=O)N(C)Cc2nc(C)oc2C)cc1. The van der Waals surface area contributed by atoms with Crippen LogP contribution in [-0.2, 0) is 23.0 Å². The molecule has 12 heteroatoms. The van der Waals surface area contributed by atoms with E-state index in [0.717, 1.165) is 5.56 Å². The number of carbonyl (C=O) groups is 2. The van der Waals surface area contributed by atoms with E-state index in [4.69, 9.17) is 9.15 Å². The smallest absolute Gasteiger partial charge is 0.254 e. The van der Waals surface area contributed by atoms with E-state index in [0.29, 0.717) is 23.1 Å². The third-order valence-corrected chi connectivity index (χ3v) is 9.72. The maximum Gasteiger partial charge on any atom is 0.254 e. The van der Waals surface area contributed by atoms with Crippen LogP contribution in [0.4, 0.5) is 0 Å². The number of oxazole rings is 1. The average molecular weight is 677 g/mol. The Morgan fingerprint density at radius 1 is 0.938 bits per heavy atom. The van der Waals surface area contributed by atoms with Gasteiger partial charge in [-0.15, -0.1) is 0 Å². The van der Waals surface area contributed by atoms with Gasteiger partial charge in [0, 0.05) is 27.1 Å². The number of aliphatic hydroxyl groups excluding tert-OH is 1. The highest BCUT2D eigenvalue weighted by Gasteiger charge is 2.32. The number of rotatable bonds is 15. The van der Waals surface area contributed by atoms with E-state index in [9.17, 15) is 23.1 Å². The van der Waals surface area contributed by atoms with Crippen LogP contribution in [-0.4, -0.2) is 78.9 Å². The quantitative estimate of drug-likeness (QED) is 0.186. The summed E-state index contributed by atoms with van der Waals surface area (Å²) in [7, 11) is -0.896. The van der Waals surface area contributed by atoms with Crippen LogP contribution < -0.4 is 10.1 Å². The normalized spacial score (nSPS) is 12.9. The van der Waals surface area contributed by atoms with Gasteiger partial charge in [0.2, 0.25) is 10.0 Å². The van der Waals surface area contributed by atoms with Gasteiger partial charge in [-0.05, 0) is 61.2 Å². The van der Waals surface area contributed by atoms with E-state index in [-0.39, 0.29) is 48.0 Å². The second-order valence-corrected chi connectivity index (χ2v) is 14.1. The summed E-state index contributed by atoms with van der Waals surface area (Å²) in [4.78, 5) is 33.4. The Hall–Kier alpha value is -4.52. The summed E-state index contributed by atoms with van der Waals surface area (Å²) in [5.41, 5.74) is 1.74. The lowest BCUT2D eigenvalue weighted by atomic mass is 9.99. The van der Waals surface area contributed by atoms with Crippen LogP contribution in [0.3, 0.4) is 0 Å². The molecule has 1 aromatic heterocycles. The maximum atomic E-state index is 13.9. The van der Waals surface area contributed by atoms with Gasteiger partial charge in [0.25, 0.3) is 11.8 Å². The highest BCUT2D eigenvalue weighted by atomic mass is 32.2. The Morgan fingerprint density at radius 2 is 1.56 bits per heavy atom. The third kappa shape index (κ3) is 9.09. The number of nitrogens with one attached hydrogen (secondary N) is 1. The number of ether oxygens (including phenoxy) is 1. The molecule has 0 saturated carbocycles. The predicted octanol–water partition coefficient (Wildman–Crippen LogP) is 4.62. The van der Waals surface area contributed by atoms with Gasteiger partial charge >= 0.3 is 0 Å². The molecule has 1 heterocycles. The van der Waals surface area contributed by atoms with Crippen LogP contribution in [0.25, 0.3) is 0 Å². The molecule has 48 heavy (non-hydrogen) atoms. The van der Waals surface area contributed by atoms with Gasteiger partial charge in [0.15, 0.2) is 5.89 Å². The number of amides is 2. The first-order valence-electron chi connectivity index (χ1n) is 15.7. The number of carbonyl (C=O) groups excluding carboxylic acids is 2. The Labute approximate surface area is 282 Å². The fourth-order valence-corrected chi connectivity index (χ4v) is 7.02. The first kappa shape index (κ1) is 36.3. The molecule has 0 aliphatic carbocycles. The topological polar surface area (TPSA) is 142 Å². The minimum Gasteiger partial charge on any atom is -0.497 e. The second-order valence-electron chi connectivity index (χ2n) is 12.2. The van der Waals surface area contributed by atoms with E-state index in [2.05, 4.69) is 10.3 Å². The first-order valence-corrected chi connectivity index (χ1v) is 17.2. The van der Waals surface area contributed by atoms with E-state index in [1.807, 2.05) is 44.2 Å². The summed E-state index contributed by atoms with van der Waals surface area (Å²) in [6, 6.07) is 20.9. The van der Waals surface area contributed by atoms with Gasteiger partial charge in [-0.25, -0.2) is 13.4 Å². The first-order chi connectivity index (χ1) is 22.8. The monoisotopic (exact) mass is 676 g/mol. The molecule has 4 rings (SSSR count). The largest absolute Gasteiger partial charge is 0.497 e. The Bertz CT molecular complexity index is 1790. The van der Waals surface area contributed by atoms with E-state index >= 15 is 0 Å². The van der Waals surface area contributed by atoms with Crippen molar-refractivity contribution in [3.8, 4) is 5.75 Å². The fraction of sp³-hybridized carbons (Fsp3) is 0.361. The van der Waals surface area contributed by atoms with E-state index < -0.39 is 34.0 Å². The van der Waals surface area contributed by atoms with Crippen LogP contribution in [0.5, 0.6) is 5.75 Å². The number of benzene rings is 3. The number of hydrogen-bond donors (Lipinski definition) is 2. The molecule has 256 valence electrons. The molecule has 2 atom stereocenters. The highest BCUT2D eigenvalue weighted by molar-refractivity contribution is 7.89. The van der Waals surface area contributed by atoms with Gasteiger partial charge in [0.05, 0.1) is 41.8 Å². The lowest BCUT2D eigenvalue weighted by Gasteiger charge is -2.31. The van der Waals surface area contributed by atoms with Crippen LogP contribution in [0.2, 0.25) is 0 Å². The summed E-state index contributed by atoms with van der Waals surface area (Å²) in [5, 5.41) is 14.6. The summed E-state index contributed by atoms with van der Waals surface area (Å²) in [6.07, 6.45) is -1.09. The van der Waals surface area contributed by atoms with Crippen LogP contribution >= 0.6 is 0 Å². The average Bonchev–Trinajstić information content (AvgIpc) is 3.39. The highest BCUT2D eigenvalue weighted by Crippen LogP contribution is 2.22. The number of hydrogen-bond acceptors (Lipinski definition) is 8. The lowest BCUT2D eigenvalue weighted by molar-refractivity contribution is 0.0749. The molecule has 0 fully saturated rings. The van der Waals surface area contributed by atoms with Gasteiger partial charge in [-0.2, -0.15) is 4.31 Å². The third-order valence-electron chi connectivity index (χ3n) is 7.87. The molecule has 2 N–H and O–H groups in total. The molecule has 11 nitrogen and oxygen atoms in total. The number of sulfonamides is 1. The van der Waals surface area contributed by atoms with E-state index in [1.54, 1.807) is 57.3 Å². The molecule has 3 aromatic carbocycles. The van der Waals surface area contributed by atoms with Crippen LogP contribution in [0, 0.1) is 19.8 Å². The van der Waals surface area contributed by atoms with Crippen molar-refractivity contribution in [3.05, 3.63) is 113 Å². The van der Waals surface area contributed by atoms with Gasteiger partial charge < -0.3 is 24.5 Å². The predicted molar refractivity (Wildman–Crippen MR) is 182 cm³/mol. The van der Waals surface area contributed by atoms with Crippen molar-refractivity contribution in [2.45, 2.75) is 57.7 Å². The molecule has 0 aliphatic heterocycles. The van der Waals surface area contributed by atoms with E-state index in [1.165, 1.54) is 28.4 Å². The van der Waals surface area contributed by atoms with Gasteiger partial charge in [-0.1, -0.05) is 56.3 Å².